The largest absolute Gasteiger partial charge is 0.506 e. The van der Waals surface area contributed by atoms with Gasteiger partial charge in [0, 0.05) is 11.6 Å². The van der Waals surface area contributed by atoms with Gasteiger partial charge in [-0.1, -0.05) is 35.3 Å². The molecule has 0 saturated carbocycles. The smallest absolute Gasteiger partial charge is 0.139 e. The third-order valence-corrected chi connectivity index (χ3v) is 3.91. The molecule has 2 aromatic carbocycles. The maximum atomic E-state index is 10.2. The first-order valence-corrected chi connectivity index (χ1v) is 7.90. The zero-order valence-electron chi connectivity index (χ0n) is 12.8. The van der Waals surface area contributed by atoms with Gasteiger partial charge in [0.2, 0.25) is 0 Å². The van der Waals surface area contributed by atoms with Crippen LogP contribution in [0.4, 0.5) is 11.4 Å². The topological polar surface area (TPSA) is 26.7 Å². The zero-order chi connectivity index (χ0) is 16.1. The molecule has 0 saturated heterocycles. The Bertz CT molecular complexity index is 632. The number of hydrogen-bond donors (Lipinski definition) is 1. The molecule has 0 atom stereocenters. The normalized spacial score (nSPS) is 11.0. The van der Waals surface area contributed by atoms with Crippen LogP contribution in [0.2, 0.25) is 10.0 Å². The average Bonchev–Trinajstić information content (AvgIpc) is 2.47. The molecule has 0 aliphatic carbocycles. The summed E-state index contributed by atoms with van der Waals surface area (Å²) in [6, 6.07) is 12.6. The summed E-state index contributed by atoms with van der Waals surface area (Å²) in [5.74, 6) is 0.189. The molecule has 22 heavy (non-hydrogen) atoms. The summed E-state index contributed by atoms with van der Waals surface area (Å²) < 4.78 is 0. The van der Waals surface area contributed by atoms with Crippen LogP contribution in [0.15, 0.2) is 42.5 Å². The lowest BCUT2D eigenvalue weighted by atomic mass is 10.2. The fourth-order valence-electron chi connectivity index (χ4n) is 2.30. The van der Waals surface area contributed by atoms with Gasteiger partial charge in [0.05, 0.1) is 16.4 Å². The minimum absolute atomic E-state index is 0.189. The minimum Gasteiger partial charge on any atom is -0.506 e. The predicted octanol–water partition coefficient (Wildman–Crippen LogP) is 4.79. The third kappa shape index (κ3) is 4.29. The van der Waals surface area contributed by atoms with E-state index in [4.69, 9.17) is 23.2 Å². The van der Waals surface area contributed by atoms with Crippen molar-refractivity contribution in [1.29, 1.82) is 0 Å². The van der Waals surface area contributed by atoms with E-state index >= 15 is 0 Å². The monoisotopic (exact) mass is 338 g/mol. The van der Waals surface area contributed by atoms with E-state index in [1.54, 1.807) is 18.2 Å². The molecule has 0 aliphatic rings. The summed E-state index contributed by atoms with van der Waals surface area (Å²) in [5, 5.41) is 11.4. The maximum Gasteiger partial charge on any atom is 0.139 e. The van der Waals surface area contributed by atoms with Crippen molar-refractivity contribution in [3.8, 4) is 5.75 Å². The number of anilines is 2. The molecule has 0 radical (unpaired) electrons. The molecule has 0 heterocycles. The fraction of sp³-hybridized carbons (Fsp3) is 0.294. The van der Waals surface area contributed by atoms with Crippen molar-refractivity contribution in [3.63, 3.8) is 0 Å². The second kappa shape index (κ2) is 7.73. The number of halogens is 2. The highest BCUT2D eigenvalue weighted by atomic mass is 35.5. The van der Waals surface area contributed by atoms with E-state index in [1.165, 1.54) is 0 Å². The molecule has 0 spiro atoms. The Kier molecular flexibility index (Phi) is 5.95. The summed E-state index contributed by atoms with van der Waals surface area (Å²) in [6.45, 7) is 1.68. The number of phenols is 1. The molecule has 5 heteroatoms. The maximum absolute atomic E-state index is 10.2. The molecule has 0 aromatic heterocycles. The van der Waals surface area contributed by atoms with Crippen molar-refractivity contribution in [3.05, 3.63) is 52.5 Å². The Balaban J connectivity index is 2.37. The van der Waals surface area contributed by atoms with Crippen molar-refractivity contribution in [2.45, 2.75) is 6.42 Å². The van der Waals surface area contributed by atoms with Gasteiger partial charge < -0.3 is 14.9 Å². The van der Waals surface area contributed by atoms with Crippen molar-refractivity contribution in [2.75, 3.05) is 32.1 Å². The number of hydrogen-bond acceptors (Lipinski definition) is 3. The van der Waals surface area contributed by atoms with E-state index in [2.05, 4.69) is 4.90 Å². The molecule has 118 valence electrons. The second-order valence-corrected chi connectivity index (χ2v) is 6.24. The van der Waals surface area contributed by atoms with Gasteiger partial charge in [-0.3, -0.25) is 0 Å². The van der Waals surface area contributed by atoms with Crippen molar-refractivity contribution in [2.24, 2.45) is 0 Å². The molecule has 3 nitrogen and oxygen atoms in total. The summed E-state index contributed by atoms with van der Waals surface area (Å²) in [6.07, 6.45) is 0.935. The molecule has 0 fully saturated rings. The van der Waals surface area contributed by atoms with Gasteiger partial charge >= 0.3 is 0 Å². The summed E-state index contributed by atoms with van der Waals surface area (Å²) >= 11 is 12.4. The summed E-state index contributed by atoms with van der Waals surface area (Å²) in [7, 11) is 4.08. The van der Waals surface area contributed by atoms with E-state index in [1.807, 2.05) is 43.3 Å². The molecule has 0 aliphatic heterocycles. The van der Waals surface area contributed by atoms with E-state index in [0.29, 0.717) is 15.7 Å². The van der Waals surface area contributed by atoms with Gasteiger partial charge in [-0.15, -0.1) is 0 Å². The number of nitrogens with zero attached hydrogens (tertiary/aromatic N) is 2. The Morgan fingerprint density at radius 3 is 2.36 bits per heavy atom. The van der Waals surface area contributed by atoms with Crippen molar-refractivity contribution >= 4 is 34.6 Å². The third-order valence-electron chi connectivity index (χ3n) is 3.36. The number of benzene rings is 2. The Morgan fingerprint density at radius 1 is 0.955 bits per heavy atom. The quantitative estimate of drug-likeness (QED) is 0.820. The fourth-order valence-corrected chi connectivity index (χ4v) is 2.70. The summed E-state index contributed by atoms with van der Waals surface area (Å²) in [5.41, 5.74) is 1.53. The Morgan fingerprint density at radius 2 is 1.68 bits per heavy atom. The minimum atomic E-state index is 0.189. The van der Waals surface area contributed by atoms with Crippen molar-refractivity contribution < 1.29 is 5.11 Å². The number of para-hydroxylation sites is 1. The Hall–Kier alpha value is -1.42. The molecule has 1 N–H and O–H groups in total. The van der Waals surface area contributed by atoms with E-state index in [-0.39, 0.29) is 5.75 Å². The molecule has 0 unspecified atom stereocenters. The highest BCUT2D eigenvalue weighted by Crippen LogP contribution is 2.38. The van der Waals surface area contributed by atoms with Crippen LogP contribution < -0.4 is 4.90 Å². The predicted molar refractivity (Wildman–Crippen MR) is 94.7 cm³/mol. The lowest BCUT2D eigenvalue weighted by Gasteiger charge is -2.27. The molecular formula is C17H20Cl2N2O. The molecule has 2 rings (SSSR count). The number of phenolic OH excluding ortho intramolecular Hbond substituents is 1. The molecule has 0 bridgehead atoms. The first kappa shape index (κ1) is 16.9. The highest BCUT2D eigenvalue weighted by molar-refractivity contribution is 6.33. The first-order chi connectivity index (χ1) is 10.5. The van der Waals surface area contributed by atoms with E-state index < -0.39 is 0 Å². The van der Waals surface area contributed by atoms with Crippen LogP contribution in [0.25, 0.3) is 0 Å². The van der Waals surface area contributed by atoms with Crippen molar-refractivity contribution in [1.82, 2.24) is 4.90 Å². The lowest BCUT2D eigenvalue weighted by Crippen LogP contribution is -2.23. The van der Waals surface area contributed by atoms with E-state index in [9.17, 15) is 5.11 Å². The first-order valence-electron chi connectivity index (χ1n) is 7.14. The van der Waals surface area contributed by atoms with Gasteiger partial charge in [0.15, 0.2) is 0 Å². The molecule has 2 aromatic rings. The molecular weight excluding hydrogens is 319 g/mol. The van der Waals surface area contributed by atoms with Gasteiger partial charge in [0.25, 0.3) is 0 Å². The van der Waals surface area contributed by atoms with Crippen LogP contribution in [0.5, 0.6) is 5.75 Å². The molecule has 0 amide bonds. The average molecular weight is 339 g/mol. The van der Waals surface area contributed by atoms with Crippen LogP contribution in [-0.2, 0) is 0 Å². The number of aromatic hydroxyl groups is 1. The van der Waals surface area contributed by atoms with Crippen LogP contribution in [-0.4, -0.2) is 37.2 Å². The number of rotatable bonds is 6. The zero-order valence-corrected chi connectivity index (χ0v) is 14.3. The SMILES string of the molecule is CN(C)CCCN(c1cc(Cl)ccc1O)c1ccccc1Cl. The highest BCUT2D eigenvalue weighted by Gasteiger charge is 2.16. The van der Waals surface area contributed by atoms with Crippen LogP contribution >= 0.6 is 23.2 Å². The summed E-state index contributed by atoms with van der Waals surface area (Å²) in [4.78, 5) is 4.13. The standard InChI is InChI=1S/C17H20Cl2N2O/c1-20(2)10-5-11-21(15-7-4-3-6-14(15)19)16-12-13(18)8-9-17(16)22/h3-4,6-9,12,22H,5,10-11H2,1-2H3. The lowest BCUT2D eigenvalue weighted by molar-refractivity contribution is 0.402. The Labute approximate surface area is 141 Å². The van der Waals surface area contributed by atoms with Crippen LogP contribution in [0, 0.1) is 0 Å². The van der Waals surface area contributed by atoms with E-state index in [0.717, 1.165) is 25.2 Å². The van der Waals surface area contributed by atoms with Gasteiger partial charge in [0.1, 0.15) is 5.75 Å². The van der Waals surface area contributed by atoms with Gasteiger partial charge in [-0.05, 0) is 57.4 Å². The van der Waals surface area contributed by atoms with Crippen LogP contribution in [0.1, 0.15) is 6.42 Å². The van der Waals surface area contributed by atoms with Gasteiger partial charge in [-0.2, -0.15) is 0 Å². The van der Waals surface area contributed by atoms with Gasteiger partial charge in [-0.25, -0.2) is 0 Å². The second-order valence-electron chi connectivity index (χ2n) is 5.39. The van der Waals surface area contributed by atoms with Crippen LogP contribution in [0.3, 0.4) is 0 Å².